The molecule has 11 nitrogen and oxygen atoms in total. The molecular weight excluding hydrogens is 594 g/mol. The van der Waals surface area contributed by atoms with Crippen LogP contribution in [-0.4, -0.2) is 55.5 Å². The first-order chi connectivity index (χ1) is 22.5. The molecule has 5 rings (SSSR count). The number of benzene rings is 2. The number of nitrogens with zero attached hydrogens (tertiary/aromatic N) is 4. The lowest BCUT2D eigenvalue weighted by atomic mass is 9.77. The van der Waals surface area contributed by atoms with Gasteiger partial charge < -0.3 is 15.4 Å². The Bertz CT molecular complexity index is 1660. The molecule has 1 aliphatic carbocycles. The summed E-state index contributed by atoms with van der Waals surface area (Å²) >= 11 is 0. The SMILES string of the molecule is Cc1cnccc1-c1cccc(C[C@H](CC(=O)C2CCC(CNC(=O)OC(C)(C)C)CC2)C(=O)Nc2ccc(-c3nn[nH]n3)cc2)c1. The predicted molar refractivity (Wildman–Crippen MR) is 179 cm³/mol. The average molecular weight is 638 g/mol. The molecule has 246 valence electrons. The molecule has 0 saturated heterocycles. The molecule has 1 aliphatic rings. The average Bonchev–Trinajstić information content (AvgIpc) is 3.59. The molecule has 11 heteroatoms. The van der Waals surface area contributed by atoms with Gasteiger partial charge in [-0.25, -0.2) is 4.79 Å². The second-order valence-corrected chi connectivity index (χ2v) is 13.4. The minimum atomic E-state index is -0.556. The van der Waals surface area contributed by atoms with Crippen molar-refractivity contribution in [1.29, 1.82) is 0 Å². The Morgan fingerprint density at radius 1 is 1.00 bits per heavy atom. The summed E-state index contributed by atoms with van der Waals surface area (Å²) in [4.78, 5) is 43.8. The molecule has 2 amide bonds. The minimum absolute atomic E-state index is 0.108. The molecular formula is C36H43N7O4. The third kappa shape index (κ3) is 9.54. The number of aromatic nitrogens is 5. The van der Waals surface area contributed by atoms with Gasteiger partial charge in [0.25, 0.3) is 0 Å². The Kier molecular flexibility index (Phi) is 10.7. The summed E-state index contributed by atoms with van der Waals surface area (Å²) in [5.41, 5.74) is 5.02. The van der Waals surface area contributed by atoms with Crippen molar-refractivity contribution in [3.63, 3.8) is 0 Å². The Labute approximate surface area is 275 Å². The number of hydrogen-bond acceptors (Lipinski definition) is 8. The number of alkyl carbamates (subject to hydrolysis) is 1. The highest BCUT2D eigenvalue weighted by Gasteiger charge is 2.31. The van der Waals surface area contributed by atoms with Crippen LogP contribution in [0.25, 0.3) is 22.5 Å². The van der Waals surface area contributed by atoms with E-state index in [9.17, 15) is 14.4 Å². The molecule has 0 bridgehead atoms. The quantitative estimate of drug-likeness (QED) is 0.173. The number of aromatic amines is 1. The largest absolute Gasteiger partial charge is 0.444 e. The van der Waals surface area contributed by atoms with E-state index in [0.29, 0.717) is 30.4 Å². The maximum atomic E-state index is 13.8. The van der Waals surface area contributed by atoms with E-state index in [1.54, 1.807) is 18.3 Å². The third-order valence-electron chi connectivity index (χ3n) is 8.55. The van der Waals surface area contributed by atoms with Crippen LogP contribution < -0.4 is 10.6 Å². The molecule has 1 atom stereocenters. The van der Waals surface area contributed by atoms with Crippen LogP contribution in [0.15, 0.2) is 67.0 Å². The Morgan fingerprint density at radius 3 is 2.45 bits per heavy atom. The first-order valence-electron chi connectivity index (χ1n) is 16.2. The zero-order chi connectivity index (χ0) is 33.4. The highest BCUT2D eigenvalue weighted by Crippen LogP contribution is 2.32. The number of pyridine rings is 1. The summed E-state index contributed by atoms with van der Waals surface area (Å²) in [6.07, 6.45) is 6.91. The van der Waals surface area contributed by atoms with E-state index < -0.39 is 17.6 Å². The van der Waals surface area contributed by atoms with Crippen LogP contribution in [0.5, 0.6) is 0 Å². The van der Waals surface area contributed by atoms with E-state index in [2.05, 4.69) is 42.3 Å². The summed E-state index contributed by atoms with van der Waals surface area (Å²) in [7, 11) is 0. The minimum Gasteiger partial charge on any atom is -0.444 e. The number of nitrogens with one attached hydrogen (secondary N) is 3. The number of ether oxygens (including phenoxy) is 1. The van der Waals surface area contributed by atoms with E-state index in [0.717, 1.165) is 53.5 Å². The molecule has 1 saturated carbocycles. The Hall–Kier alpha value is -4.93. The number of tetrazole rings is 1. The van der Waals surface area contributed by atoms with Gasteiger partial charge in [0.1, 0.15) is 11.4 Å². The third-order valence-corrected chi connectivity index (χ3v) is 8.55. The number of carbonyl (C=O) groups excluding carboxylic acids is 3. The highest BCUT2D eigenvalue weighted by atomic mass is 16.6. The number of anilines is 1. The zero-order valence-electron chi connectivity index (χ0n) is 27.5. The molecule has 0 spiro atoms. The topological polar surface area (TPSA) is 152 Å². The zero-order valence-corrected chi connectivity index (χ0v) is 27.5. The van der Waals surface area contributed by atoms with Crippen LogP contribution in [0.3, 0.4) is 0 Å². The fraction of sp³-hybridized carbons (Fsp3) is 0.417. The lowest BCUT2D eigenvalue weighted by Gasteiger charge is -2.29. The van der Waals surface area contributed by atoms with Crippen LogP contribution in [0.4, 0.5) is 10.5 Å². The lowest BCUT2D eigenvalue weighted by molar-refractivity contribution is -0.129. The van der Waals surface area contributed by atoms with Crippen LogP contribution in [0.1, 0.15) is 64.0 Å². The van der Waals surface area contributed by atoms with Crippen molar-refractivity contribution in [1.82, 2.24) is 30.9 Å². The van der Waals surface area contributed by atoms with Gasteiger partial charge in [-0.1, -0.05) is 24.3 Å². The fourth-order valence-corrected chi connectivity index (χ4v) is 6.08. The van der Waals surface area contributed by atoms with Crippen molar-refractivity contribution in [3.8, 4) is 22.5 Å². The van der Waals surface area contributed by atoms with Crippen molar-refractivity contribution in [3.05, 3.63) is 78.1 Å². The lowest BCUT2D eigenvalue weighted by Crippen LogP contribution is -2.37. The maximum Gasteiger partial charge on any atom is 0.407 e. The van der Waals surface area contributed by atoms with E-state index >= 15 is 0 Å². The molecule has 2 aromatic carbocycles. The summed E-state index contributed by atoms with van der Waals surface area (Å²) in [5.74, 6) is -0.00183. The van der Waals surface area contributed by atoms with Gasteiger partial charge in [-0.3, -0.25) is 14.6 Å². The standard InChI is InChI=1S/C36H43N7O4/c1-23-21-37-17-16-31(23)28-7-5-6-25(18-28)19-29(34(45)39-30-14-12-27(13-15-30)33-40-42-43-41-33)20-32(44)26-10-8-24(9-11-26)22-38-35(46)47-36(2,3)4/h5-7,12-18,21,24,26,29H,8-11,19-20,22H2,1-4H3,(H,38,46)(H,39,45)(H,40,41,42,43)/t24?,26?,29-/m1/s1. The highest BCUT2D eigenvalue weighted by molar-refractivity contribution is 5.96. The van der Waals surface area contributed by atoms with Gasteiger partial charge in [0.2, 0.25) is 11.7 Å². The van der Waals surface area contributed by atoms with Gasteiger partial charge >= 0.3 is 6.09 Å². The van der Waals surface area contributed by atoms with E-state index in [1.807, 2.05) is 70.3 Å². The summed E-state index contributed by atoms with van der Waals surface area (Å²) in [6, 6.07) is 17.3. The number of Topliss-reactive ketones (excluding diaryl/α,β-unsaturated/α-hetero) is 1. The monoisotopic (exact) mass is 637 g/mol. The molecule has 0 radical (unpaired) electrons. The first-order valence-corrected chi connectivity index (χ1v) is 16.2. The van der Waals surface area contributed by atoms with Crippen molar-refractivity contribution in [2.45, 2.75) is 71.8 Å². The van der Waals surface area contributed by atoms with Gasteiger partial charge in [0.15, 0.2) is 0 Å². The van der Waals surface area contributed by atoms with Crippen LogP contribution in [-0.2, 0) is 20.7 Å². The molecule has 3 N–H and O–H groups in total. The van der Waals surface area contributed by atoms with E-state index in [1.165, 1.54) is 0 Å². The number of hydrogen-bond donors (Lipinski definition) is 3. The predicted octanol–water partition coefficient (Wildman–Crippen LogP) is 6.32. The molecule has 2 aromatic heterocycles. The molecule has 0 aliphatic heterocycles. The van der Waals surface area contributed by atoms with Crippen molar-refractivity contribution < 1.29 is 19.1 Å². The van der Waals surface area contributed by atoms with Gasteiger partial charge in [-0.05, 0) is 124 Å². The molecule has 2 heterocycles. The Morgan fingerprint density at radius 2 is 1.77 bits per heavy atom. The van der Waals surface area contributed by atoms with Gasteiger partial charge in [-0.15, -0.1) is 10.2 Å². The smallest absolute Gasteiger partial charge is 0.407 e. The van der Waals surface area contributed by atoms with Gasteiger partial charge in [0.05, 0.1) is 0 Å². The van der Waals surface area contributed by atoms with Crippen LogP contribution >= 0.6 is 0 Å². The van der Waals surface area contributed by atoms with Gasteiger partial charge in [-0.2, -0.15) is 5.21 Å². The van der Waals surface area contributed by atoms with Crippen molar-refractivity contribution >= 4 is 23.5 Å². The summed E-state index contributed by atoms with van der Waals surface area (Å²) < 4.78 is 5.35. The van der Waals surface area contributed by atoms with Crippen LogP contribution in [0, 0.1) is 24.7 Å². The number of rotatable bonds is 11. The molecule has 0 unspecified atom stereocenters. The molecule has 1 fully saturated rings. The molecule has 4 aromatic rings. The fourth-order valence-electron chi connectivity index (χ4n) is 6.08. The maximum absolute atomic E-state index is 13.8. The molecule has 47 heavy (non-hydrogen) atoms. The number of ketones is 1. The number of carbonyl (C=O) groups is 3. The number of amides is 2. The number of aryl methyl sites for hydroxylation is 1. The summed E-state index contributed by atoms with van der Waals surface area (Å²) in [5, 5.41) is 19.9. The van der Waals surface area contributed by atoms with Crippen molar-refractivity contribution in [2.75, 3.05) is 11.9 Å². The van der Waals surface area contributed by atoms with Crippen molar-refractivity contribution in [2.24, 2.45) is 17.8 Å². The number of H-pyrrole nitrogens is 1. The first kappa shape index (κ1) is 33.4. The van der Waals surface area contributed by atoms with Gasteiger partial charge in [0, 0.05) is 48.4 Å². The van der Waals surface area contributed by atoms with Crippen LogP contribution in [0.2, 0.25) is 0 Å². The second-order valence-electron chi connectivity index (χ2n) is 13.4. The second kappa shape index (κ2) is 15.1. The van der Waals surface area contributed by atoms with E-state index in [4.69, 9.17) is 4.74 Å². The Balaban J connectivity index is 1.25. The summed E-state index contributed by atoms with van der Waals surface area (Å²) in [6.45, 7) is 8.06. The van der Waals surface area contributed by atoms with E-state index in [-0.39, 0.29) is 24.0 Å². The normalized spacial score (nSPS) is 17.0.